The minimum absolute atomic E-state index is 0.361. The van der Waals surface area contributed by atoms with Crippen LogP contribution >= 0.6 is 0 Å². The lowest BCUT2D eigenvalue weighted by Gasteiger charge is -2.18. The summed E-state index contributed by atoms with van der Waals surface area (Å²) in [7, 11) is -4.12. The first-order chi connectivity index (χ1) is 9.78. The quantitative estimate of drug-likeness (QED) is 0.755. The number of hydrogen-bond acceptors (Lipinski definition) is 5. The fourth-order valence-corrected chi connectivity index (χ4v) is 3.21. The first-order valence-electron chi connectivity index (χ1n) is 6.55. The molecule has 0 saturated heterocycles. The lowest BCUT2D eigenvalue weighted by Crippen LogP contribution is -2.44. The zero-order valence-corrected chi connectivity index (χ0v) is 12.6. The monoisotopic (exact) mass is 314 g/mol. The maximum Gasteiger partial charge on any atom is 0.422 e. The molecule has 0 radical (unpaired) electrons. The van der Waals surface area contributed by atoms with Gasteiger partial charge in [0, 0.05) is 6.42 Å². The summed E-state index contributed by atoms with van der Waals surface area (Å²) in [6.45, 7) is 3.22. The summed E-state index contributed by atoms with van der Waals surface area (Å²) in [5.74, 6) is 0. The molecule has 0 aromatic heterocycles. The van der Waals surface area contributed by atoms with Crippen LogP contribution in [-0.4, -0.2) is 31.8 Å². The second-order valence-electron chi connectivity index (χ2n) is 5.13. The van der Waals surface area contributed by atoms with Crippen molar-refractivity contribution in [3.05, 3.63) is 35.4 Å². The van der Waals surface area contributed by atoms with Crippen molar-refractivity contribution in [3.8, 4) is 0 Å². The molecule has 0 spiro atoms. The van der Waals surface area contributed by atoms with Crippen molar-refractivity contribution in [1.29, 1.82) is 0 Å². The van der Waals surface area contributed by atoms with Gasteiger partial charge < -0.3 is 9.84 Å². The Kier molecular flexibility index (Phi) is 4.50. The van der Waals surface area contributed by atoms with Crippen molar-refractivity contribution in [1.82, 2.24) is 9.44 Å². The fourth-order valence-electron chi connectivity index (χ4n) is 2.26. The summed E-state index contributed by atoms with van der Waals surface area (Å²) in [5.41, 5.74) is 1.58. The third kappa shape index (κ3) is 3.93. The molecule has 1 amide bonds. The smallest absolute Gasteiger partial charge is 0.422 e. The predicted molar refractivity (Wildman–Crippen MR) is 75.7 cm³/mol. The van der Waals surface area contributed by atoms with Crippen molar-refractivity contribution in [3.63, 3.8) is 0 Å². The maximum absolute atomic E-state index is 11.9. The van der Waals surface area contributed by atoms with Gasteiger partial charge in [-0.15, -0.1) is 0 Å². The Morgan fingerprint density at radius 1 is 1.38 bits per heavy atom. The Hall–Kier alpha value is -1.64. The predicted octanol–water partition coefficient (Wildman–Crippen LogP) is 0.614. The van der Waals surface area contributed by atoms with E-state index >= 15 is 0 Å². The van der Waals surface area contributed by atoms with Crippen LogP contribution in [0.1, 0.15) is 31.0 Å². The van der Waals surface area contributed by atoms with E-state index < -0.39 is 34.6 Å². The highest BCUT2D eigenvalue weighted by Gasteiger charge is 2.34. The largest absolute Gasteiger partial charge is 0.446 e. The van der Waals surface area contributed by atoms with Crippen LogP contribution < -0.4 is 9.44 Å². The number of hydrogen-bond donors (Lipinski definition) is 3. The van der Waals surface area contributed by atoms with E-state index in [1.807, 2.05) is 12.1 Å². The molecule has 1 aromatic carbocycles. The van der Waals surface area contributed by atoms with Gasteiger partial charge in [0.2, 0.25) is 0 Å². The molecular weight excluding hydrogens is 296 g/mol. The van der Waals surface area contributed by atoms with Crippen LogP contribution in [0.3, 0.4) is 0 Å². The molecule has 3 N–H and O–H groups in total. The molecule has 0 heterocycles. The first kappa shape index (κ1) is 15.7. The number of carbonyl (C=O) groups is 1. The number of carbonyl (C=O) groups excluding carboxylic acids is 1. The van der Waals surface area contributed by atoms with Crippen LogP contribution in [0.15, 0.2) is 24.3 Å². The Morgan fingerprint density at radius 3 is 2.71 bits per heavy atom. The Morgan fingerprint density at radius 2 is 2.05 bits per heavy atom. The van der Waals surface area contributed by atoms with Gasteiger partial charge in [-0.05, 0) is 25.0 Å². The summed E-state index contributed by atoms with van der Waals surface area (Å²) in [5, 5.41) is 9.98. The van der Waals surface area contributed by atoms with E-state index in [-0.39, 0.29) is 0 Å². The van der Waals surface area contributed by atoms with E-state index in [4.69, 9.17) is 4.74 Å². The van der Waals surface area contributed by atoms with Gasteiger partial charge >= 0.3 is 16.3 Å². The molecule has 1 aliphatic rings. The third-order valence-electron chi connectivity index (χ3n) is 3.05. The molecule has 7 nitrogen and oxygen atoms in total. The van der Waals surface area contributed by atoms with Crippen LogP contribution in [0.4, 0.5) is 4.79 Å². The molecule has 1 aliphatic carbocycles. The van der Waals surface area contributed by atoms with Gasteiger partial charge in [-0.25, -0.2) is 9.52 Å². The standard InChI is InChI=1S/C13H18N2O5S/c1-8(2)20-13(17)15-21(18,19)14-12-10-6-4-3-5-9(10)7-11(12)16/h3-6,8,11-12,14,16H,7H2,1-2H3,(H,15,17). The first-order valence-corrected chi connectivity index (χ1v) is 8.03. The molecule has 0 bridgehead atoms. The molecule has 0 aliphatic heterocycles. The Balaban J connectivity index is 2.09. The minimum Gasteiger partial charge on any atom is -0.446 e. The lowest BCUT2D eigenvalue weighted by atomic mass is 10.1. The molecule has 2 atom stereocenters. The number of rotatable bonds is 4. The second-order valence-corrected chi connectivity index (χ2v) is 6.57. The second kappa shape index (κ2) is 6.00. The van der Waals surface area contributed by atoms with Gasteiger partial charge in [-0.1, -0.05) is 24.3 Å². The van der Waals surface area contributed by atoms with Crippen molar-refractivity contribution < 1.29 is 23.1 Å². The van der Waals surface area contributed by atoms with Crippen LogP contribution in [0.2, 0.25) is 0 Å². The number of benzene rings is 1. The molecule has 2 rings (SSSR count). The zero-order valence-electron chi connectivity index (χ0n) is 11.7. The lowest BCUT2D eigenvalue weighted by molar-refractivity contribution is 0.121. The Bertz CT molecular complexity index is 629. The molecule has 0 fully saturated rings. The van der Waals surface area contributed by atoms with Gasteiger partial charge in [-0.3, -0.25) is 0 Å². The number of aliphatic hydroxyl groups is 1. The number of ether oxygens (including phenoxy) is 1. The van der Waals surface area contributed by atoms with E-state index in [2.05, 4.69) is 4.72 Å². The molecule has 21 heavy (non-hydrogen) atoms. The van der Waals surface area contributed by atoms with E-state index in [0.29, 0.717) is 12.0 Å². The minimum atomic E-state index is -4.12. The van der Waals surface area contributed by atoms with Gasteiger partial charge in [0.05, 0.1) is 18.2 Å². The summed E-state index contributed by atoms with van der Waals surface area (Å²) < 4.78 is 32.5. The van der Waals surface area contributed by atoms with Crippen LogP contribution in [0.25, 0.3) is 0 Å². The van der Waals surface area contributed by atoms with Gasteiger partial charge in [0.25, 0.3) is 0 Å². The van der Waals surface area contributed by atoms with Gasteiger partial charge in [-0.2, -0.15) is 13.1 Å². The van der Waals surface area contributed by atoms with E-state index in [0.717, 1.165) is 5.56 Å². The van der Waals surface area contributed by atoms with Crippen LogP contribution in [-0.2, 0) is 21.4 Å². The highest BCUT2D eigenvalue weighted by Crippen LogP contribution is 2.31. The van der Waals surface area contributed by atoms with Gasteiger partial charge in [0.1, 0.15) is 0 Å². The van der Waals surface area contributed by atoms with Crippen molar-refractivity contribution in [2.24, 2.45) is 0 Å². The number of aliphatic hydroxyl groups excluding tert-OH is 1. The summed E-state index contributed by atoms with van der Waals surface area (Å²) in [6, 6.07) is 6.36. The molecular formula is C13H18N2O5S. The molecule has 0 saturated carbocycles. The van der Waals surface area contributed by atoms with Crippen molar-refractivity contribution >= 4 is 16.3 Å². The van der Waals surface area contributed by atoms with Crippen molar-refractivity contribution in [2.45, 2.75) is 38.5 Å². The van der Waals surface area contributed by atoms with Crippen LogP contribution in [0.5, 0.6) is 0 Å². The molecule has 116 valence electrons. The summed E-state index contributed by atoms with van der Waals surface area (Å²) >= 11 is 0. The van der Waals surface area contributed by atoms with Crippen molar-refractivity contribution in [2.75, 3.05) is 0 Å². The van der Waals surface area contributed by atoms with Crippen LogP contribution in [0, 0.1) is 0 Å². The number of fused-ring (bicyclic) bond motifs is 1. The number of amides is 1. The highest BCUT2D eigenvalue weighted by atomic mass is 32.2. The molecule has 2 unspecified atom stereocenters. The average Bonchev–Trinajstić information content (AvgIpc) is 2.63. The zero-order chi connectivity index (χ0) is 15.6. The van der Waals surface area contributed by atoms with E-state index in [9.17, 15) is 18.3 Å². The molecule has 1 aromatic rings. The normalized spacial score (nSPS) is 21.1. The number of nitrogens with one attached hydrogen (secondary N) is 2. The summed E-state index contributed by atoms with van der Waals surface area (Å²) in [6.07, 6.45) is -2.00. The SMILES string of the molecule is CC(C)OC(=O)NS(=O)(=O)NC1c2ccccc2CC1O. The molecule has 8 heteroatoms. The topological polar surface area (TPSA) is 105 Å². The van der Waals surface area contributed by atoms with E-state index in [1.54, 1.807) is 30.7 Å². The maximum atomic E-state index is 11.9. The summed E-state index contributed by atoms with van der Waals surface area (Å²) in [4.78, 5) is 11.4. The Labute approximate surface area is 123 Å². The fraction of sp³-hybridized carbons (Fsp3) is 0.462. The third-order valence-corrected chi connectivity index (χ3v) is 4.05. The average molecular weight is 314 g/mol. The van der Waals surface area contributed by atoms with E-state index in [1.165, 1.54) is 0 Å². The van der Waals surface area contributed by atoms with Gasteiger partial charge in [0.15, 0.2) is 0 Å². The highest BCUT2D eigenvalue weighted by molar-refractivity contribution is 7.88.